The molecule has 0 aromatic heterocycles. The van der Waals surface area contributed by atoms with Gasteiger partial charge in [0.05, 0.1) is 12.2 Å². The Morgan fingerprint density at radius 3 is 1.55 bits per heavy atom. The van der Waals surface area contributed by atoms with Crippen molar-refractivity contribution in [1.82, 2.24) is 0 Å². The lowest BCUT2D eigenvalue weighted by Crippen LogP contribution is -2.34. The molecule has 0 amide bonds. The van der Waals surface area contributed by atoms with E-state index in [9.17, 15) is 0 Å². The Labute approximate surface area is 300 Å². The summed E-state index contributed by atoms with van der Waals surface area (Å²) < 4.78 is 13.2. The Morgan fingerprint density at radius 2 is 1.06 bits per heavy atom. The molecule has 8 unspecified atom stereocenters. The van der Waals surface area contributed by atoms with Crippen molar-refractivity contribution in [2.75, 3.05) is 0 Å². The minimum atomic E-state index is -0.909. The molecule has 3 aromatic carbocycles. The third-order valence-electron chi connectivity index (χ3n) is 13.3. The summed E-state index contributed by atoms with van der Waals surface area (Å²) in [5, 5.41) is 4.14. The number of fused-ring (bicyclic) bond motifs is 4. The fourth-order valence-electron chi connectivity index (χ4n) is 11.6. The van der Waals surface area contributed by atoms with Gasteiger partial charge in [-0.2, -0.15) is 0 Å². The molecular weight excluding hydrogens is 634 g/mol. The summed E-state index contributed by atoms with van der Waals surface area (Å²) in [6, 6.07) is 27.4. The molecule has 0 aliphatic heterocycles. The van der Waals surface area contributed by atoms with Gasteiger partial charge < -0.3 is 9.47 Å². The summed E-state index contributed by atoms with van der Waals surface area (Å²) >= 11 is 0. The third-order valence-corrected chi connectivity index (χ3v) is 20.1. The minimum Gasteiger partial charge on any atom is -0.490 e. The zero-order chi connectivity index (χ0) is 33.6. The molecule has 0 heterocycles. The van der Waals surface area contributed by atoms with Crippen LogP contribution in [0.3, 0.4) is 0 Å². The van der Waals surface area contributed by atoms with Crippen molar-refractivity contribution in [3.05, 3.63) is 78.4 Å². The molecule has 4 heteroatoms. The van der Waals surface area contributed by atoms with E-state index in [1.807, 2.05) is 0 Å². The molecule has 5 fully saturated rings. The van der Waals surface area contributed by atoms with Crippen LogP contribution in [0.2, 0.25) is 0 Å². The van der Waals surface area contributed by atoms with E-state index in [0.29, 0.717) is 5.92 Å². The standard InChI is InChI=1S/C45H60O2P2/c1-29(2)46-39-16-7-10-19-42(39)49(43-20-11-8-17-40(43)47-30(3)4)41-18-9-6-13-38(41)37-15-12-14-36(37)31(5)48(44-27-32-21-23-34(44)25-32)45-28-33-22-24-35(45)26-33/h6-11,13,16-20,29-37,44-45H,12,14-15,21-28H2,1-5H3/t31-,32?,33?,34?,35?,36?,37?,44?,45?,48?/m1/s1. The highest BCUT2D eigenvalue weighted by molar-refractivity contribution is 7.80. The summed E-state index contributed by atoms with van der Waals surface area (Å²) in [7, 11) is -0.869. The van der Waals surface area contributed by atoms with Gasteiger partial charge in [0.25, 0.3) is 0 Å². The lowest BCUT2D eigenvalue weighted by Gasteiger charge is -2.45. The van der Waals surface area contributed by atoms with E-state index in [2.05, 4.69) is 107 Å². The van der Waals surface area contributed by atoms with Crippen molar-refractivity contribution in [2.24, 2.45) is 29.6 Å². The fraction of sp³-hybridized carbons (Fsp3) is 0.600. The molecule has 3 aromatic rings. The molecule has 4 bridgehead atoms. The van der Waals surface area contributed by atoms with Gasteiger partial charge in [-0.1, -0.05) is 94.8 Å². The number of hydrogen-bond acceptors (Lipinski definition) is 2. The zero-order valence-corrected chi connectivity index (χ0v) is 32.6. The number of rotatable bonds is 12. The lowest BCUT2D eigenvalue weighted by molar-refractivity contribution is 0.244. The van der Waals surface area contributed by atoms with Crippen LogP contribution in [0, 0.1) is 29.6 Å². The second kappa shape index (κ2) is 14.6. The summed E-state index contributed by atoms with van der Waals surface area (Å²) in [5.41, 5.74) is 4.60. The van der Waals surface area contributed by atoms with E-state index in [0.717, 1.165) is 58.1 Å². The molecule has 262 valence electrons. The van der Waals surface area contributed by atoms with E-state index in [-0.39, 0.29) is 20.1 Å². The number of ether oxygens (including phenoxy) is 2. The highest BCUT2D eigenvalue weighted by atomic mass is 31.1. The van der Waals surface area contributed by atoms with E-state index in [1.165, 1.54) is 48.0 Å². The normalized spacial score (nSPS) is 31.7. The first kappa shape index (κ1) is 34.2. The molecule has 0 N–H and O–H groups in total. The molecule has 0 radical (unpaired) electrons. The van der Waals surface area contributed by atoms with Crippen molar-refractivity contribution in [3.8, 4) is 11.5 Å². The Balaban J connectivity index is 1.20. The Bertz CT molecular complexity index is 1500. The SMILES string of the molecule is CC(C)Oc1ccccc1P(c1ccccc1OC(C)C)c1ccccc1C1CCCC1[C@@H](C)P(C1CC2CCC1C2)C1CC2CCC1C2. The van der Waals surface area contributed by atoms with Crippen molar-refractivity contribution in [2.45, 2.75) is 140 Å². The predicted molar refractivity (Wildman–Crippen MR) is 212 cm³/mol. The van der Waals surface area contributed by atoms with Crippen LogP contribution in [0.5, 0.6) is 11.5 Å². The molecule has 5 aliphatic rings. The van der Waals surface area contributed by atoms with Crippen LogP contribution in [-0.2, 0) is 0 Å². The maximum Gasteiger partial charge on any atom is 0.128 e. The van der Waals surface area contributed by atoms with Gasteiger partial charge >= 0.3 is 0 Å². The predicted octanol–water partition coefficient (Wildman–Crippen LogP) is 11.2. The lowest BCUT2D eigenvalue weighted by atomic mass is 9.87. The van der Waals surface area contributed by atoms with Crippen molar-refractivity contribution in [1.29, 1.82) is 0 Å². The van der Waals surface area contributed by atoms with Crippen molar-refractivity contribution < 1.29 is 9.47 Å². The fourth-order valence-corrected chi connectivity index (χ4v) is 19.3. The van der Waals surface area contributed by atoms with Gasteiger partial charge in [0.15, 0.2) is 0 Å². The van der Waals surface area contributed by atoms with Gasteiger partial charge in [-0.3, -0.25) is 0 Å². The smallest absolute Gasteiger partial charge is 0.128 e. The summed E-state index contributed by atoms with van der Waals surface area (Å²) in [4.78, 5) is 0. The van der Waals surface area contributed by atoms with Crippen LogP contribution in [0.25, 0.3) is 0 Å². The van der Waals surface area contributed by atoms with E-state index in [4.69, 9.17) is 9.47 Å². The van der Waals surface area contributed by atoms with Crippen LogP contribution in [-0.4, -0.2) is 29.2 Å². The van der Waals surface area contributed by atoms with E-state index in [1.54, 1.807) is 44.1 Å². The van der Waals surface area contributed by atoms with Crippen LogP contribution in [0.4, 0.5) is 0 Å². The highest BCUT2D eigenvalue weighted by Crippen LogP contribution is 2.71. The molecule has 0 spiro atoms. The van der Waals surface area contributed by atoms with Gasteiger partial charge in [-0.15, -0.1) is 0 Å². The summed E-state index contributed by atoms with van der Waals surface area (Å²) in [6.07, 6.45) is 16.8. The highest BCUT2D eigenvalue weighted by Gasteiger charge is 2.53. The molecule has 5 aliphatic carbocycles. The molecule has 8 rings (SSSR count). The Kier molecular flexibility index (Phi) is 10.2. The first-order valence-corrected chi connectivity index (χ1v) is 22.9. The summed E-state index contributed by atoms with van der Waals surface area (Å²) in [6.45, 7) is 11.4. The molecular formula is C45H60O2P2. The van der Waals surface area contributed by atoms with Gasteiger partial charge in [-0.05, 0) is 162 Å². The maximum absolute atomic E-state index is 6.59. The van der Waals surface area contributed by atoms with Gasteiger partial charge in [-0.25, -0.2) is 0 Å². The van der Waals surface area contributed by atoms with Gasteiger partial charge in [0.2, 0.25) is 0 Å². The number of hydrogen-bond donors (Lipinski definition) is 0. The maximum atomic E-state index is 6.59. The van der Waals surface area contributed by atoms with E-state index >= 15 is 0 Å². The second-order valence-corrected chi connectivity index (χ2v) is 22.2. The van der Waals surface area contributed by atoms with Gasteiger partial charge in [0, 0.05) is 10.6 Å². The third kappa shape index (κ3) is 6.77. The quantitative estimate of drug-likeness (QED) is 0.176. The van der Waals surface area contributed by atoms with E-state index < -0.39 is 7.92 Å². The average molecular weight is 695 g/mol. The monoisotopic (exact) mass is 694 g/mol. The molecule has 0 saturated heterocycles. The number of para-hydroxylation sites is 2. The largest absolute Gasteiger partial charge is 0.490 e. The second-order valence-electron chi connectivity index (χ2n) is 17.0. The Hall–Kier alpha value is -1.88. The van der Waals surface area contributed by atoms with Crippen LogP contribution in [0.1, 0.15) is 117 Å². The van der Waals surface area contributed by atoms with Crippen molar-refractivity contribution >= 4 is 31.8 Å². The van der Waals surface area contributed by atoms with Crippen LogP contribution < -0.4 is 25.4 Å². The van der Waals surface area contributed by atoms with Crippen LogP contribution >= 0.6 is 15.8 Å². The summed E-state index contributed by atoms with van der Waals surface area (Å²) in [5.74, 6) is 7.67. The minimum absolute atomic E-state index is 0.0408. The Morgan fingerprint density at radius 1 is 0.551 bits per heavy atom. The molecule has 9 atom stereocenters. The first-order valence-electron chi connectivity index (χ1n) is 20.0. The molecule has 5 saturated carbocycles. The zero-order valence-electron chi connectivity index (χ0n) is 30.8. The molecule has 2 nitrogen and oxygen atoms in total. The molecule has 49 heavy (non-hydrogen) atoms. The number of benzene rings is 3. The van der Waals surface area contributed by atoms with Gasteiger partial charge in [0.1, 0.15) is 11.5 Å². The van der Waals surface area contributed by atoms with Crippen LogP contribution in [0.15, 0.2) is 72.8 Å². The average Bonchev–Trinajstić information content (AvgIpc) is 3.94. The topological polar surface area (TPSA) is 18.5 Å². The first-order chi connectivity index (χ1) is 23.9. The van der Waals surface area contributed by atoms with Crippen molar-refractivity contribution in [3.63, 3.8) is 0 Å².